The Balaban J connectivity index is 1.86. The molecule has 1 heterocycles. The highest BCUT2D eigenvalue weighted by Crippen LogP contribution is 2.15. The summed E-state index contributed by atoms with van der Waals surface area (Å²) in [4.78, 5) is 24.4. The van der Waals surface area contributed by atoms with Crippen LogP contribution in [-0.2, 0) is 4.74 Å². The number of carboxylic acids is 1. The van der Waals surface area contributed by atoms with Crippen molar-refractivity contribution in [1.29, 1.82) is 0 Å². The lowest BCUT2D eigenvalue weighted by Gasteiger charge is -2.27. The summed E-state index contributed by atoms with van der Waals surface area (Å²) in [7, 11) is 1.75. The molecule has 1 aromatic carbocycles. The molecule has 2 N–H and O–H groups in total. The van der Waals surface area contributed by atoms with Crippen LogP contribution in [0.1, 0.15) is 23.2 Å². The molecule has 114 valence electrons. The molecular weight excluding hydrogens is 272 g/mol. The van der Waals surface area contributed by atoms with Crippen molar-refractivity contribution in [2.24, 2.45) is 5.92 Å². The van der Waals surface area contributed by atoms with Gasteiger partial charge in [-0.25, -0.2) is 9.59 Å². The zero-order chi connectivity index (χ0) is 15.2. The van der Waals surface area contributed by atoms with E-state index in [9.17, 15) is 9.59 Å². The predicted octanol–water partition coefficient (Wildman–Crippen LogP) is 2.28. The number of rotatable bonds is 4. The topological polar surface area (TPSA) is 78.9 Å². The largest absolute Gasteiger partial charge is 0.478 e. The predicted molar refractivity (Wildman–Crippen MR) is 78.6 cm³/mol. The molecule has 0 radical (unpaired) electrons. The molecule has 1 unspecified atom stereocenters. The fourth-order valence-electron chi connectivity index (χ4n) is 2.34. The average Bonchev–Trinajstić information content (AvgIpc) is 2.48. The fraction of sp³-hybridized carbons (Fsp3) is 0.467. The van der Waals surface area contributed by atoms with Gasteiger partial charge >= 0.3 is 12.0 Å². The zero-order valence-corrected chi connectivity index (χ0v) is 12.0. The van der Waals surface area contributed by atoms with E-state index in [1.807, 2.05) is 0 Å². The standard InChI is InChI=1S/C15H20N2O4/c1-17(9-11-3-2-8-21-10-11)15(20)16-13-6-4-12(5-7-13)14(18)19/h4-7,11H,2-3,8-10H2,1H3,(H,16,20)(H,18,19). The molecule has 6 heteroatoms. The zero-order valence-electron chi connectivity index (χ0n) is 12.0. The molecule has 1 atom stereocenters. The summed E-state index contributed by atoms with van der Waals surface area (Å²) in [5, 5.41) is 11.6. The number of carbonyl (C=O) groups excluding carboxylic acids is 1. The van der Waals surface area contributed by atoms with Crippen molar-refractivity contribution in [3.8, 4) is 0 Å². The number of benzene rings is 1. The SMILES string of the molecule is CN(CC1CCCOC1)C(=O)Nc1ccc(C(=O)O)cc1. The first kappa shape index (κ1) is 15.3. The van der Waals surface area contributed by atoms with Gasteiger partial charge in [0.1, 0.15) is 0 Å². The second-order valence-corrected chi connectivity index (χ2v) is 5.28. The van der Waals surface area contributed by atoms with Gasteiger partial charge in [0.15, 0.2) is 0 Å². The van der Waals surface area contributed by atoms with Crippen LogP contribution in [-0.4, -0.2) is 48.8 Å². The van der Waals surface area contributed by atoms with Gasteiger partial charge in [0.05, 0.1) is 12.2 Å². The van der Waals surface area contributed by atoms with Crippen LogP contribution in [0, 0.1) is 5.92 Å². The van der Waals surface area contributed by atoms with E-state index in [2.05, 4.69) is 5.32 Å². The van der Waals surface area contributed by atoms with Crippen molar-refractivity contribution in [3.05, 3.63) is 29.8 Å². The summed E-state index contributed by atoms with van der Waals surface area (Å²) in [5.41, 5.74) is 0.775. The molecule has 1 fully saturated rings. The summed E-state index contributed by atoms with van der Waals surface area (Å²) >= 11 is 0. The van der Waals surface area contributed by atoms with E-state index in [0.717, 1.165) is 19.4 Å². The normalized spacial score (nSPS) is 18.0. The van der Waals surface area contributed by atoms with E-state index < -0.39 is 5.97 Å². The molecule has 21 heavy (non-hydrogen) atoms. The third-order valence-corrected chi connectivity index (χ3v) is 3.52. The van der Waals surface area contributed by atoms with Gasteiger partial charge in [0.2, 0.25) is 0 Å². The van der Waals surface area contributed by atoms with Gasteiger partial charge in [0.25, 0.3) is 0 Å². The minimum atomic E-state index is -0.984. The Morgan fingerprint density at radius 1 is 1.38 bits per heavy atom. The summed E-state index contributed by atoms with van der Waals surface area (Å²) in [6, 6.07) is 5.89. The number of amides is 2. The van der Waals surface area contributed by atoms with E-state index in [1.165, 1.54) is 12.1 Å². The first-order valence-electron chi connectivity index (χ1n) is 6.99. The highest BCUT2D eigenvalue weighted by molar-refractivity contribution is 5.91. The van der Waals surface area contributed by atoms with Crippen LogP contribution in [0.4, 0.5) is 10.5 Å². The molecule has 6 nitrogen and oxygen atoms in total. The van der Waals surface area contributed by atoms with Crippen LogP contribution < -0.4 is 5.32 Å². The Hall–Kier alpha value is -2.08. The van der Waals surface area contributed by atoms with Gasteiger partial charge < -0.3 is 20.1 Å². The van der Waals surface area contributed by atoms with Crippen LogP contribution in [0.15, 0.2) is 24.3 Å². The number of anilines is 1. The van der Waals surface area contributed by atoms with E-state index >= 15 is 0 Å². The van der Waals surface area contributed by atoms with E-state index in [1.54, 1.807) is 24.1 Å². The van der Waals surface area contributed by atoms with Crippen molar-refractivity contribution >= 4 is 17.7 Å². The first-order chi connectivity index (χ1) is 10.1. The van der Waals surface area contributed by atoms with Crippen LogP contribution in [0.25, 0.3) is 0 Å². The number of nitrogens with one attached hydrogen (secondary N) is 1. The minimum Gasteiger partial charge on any atom is -0.478 e. The smallest absolute Gasteiger partial charge is 0.335 e. The lowest BCUT2D eigenvalue weighted by molar-refractivity contribution is 0.0464. The van der Waals surface area contributed by atoms with Gasteiger partial charge in [-0.05, 0) is 37.1 Å². The summed E-state index contributed by atoms with van der Waals surface area (Å²) in [5.74, 6) is -0.605. The fourth-order valence-corrected chi connectivity index (χ4v) is 2.34. The van der Waals surface area contributed by atoms with Crippen LogP contribution in [0.2, 0.25) is 0 Å². The lowest BCUT2D eigenvalue weighted by Crippen LogP contribution is -2.37. The van der Waals surface area contributed by atoms with Gasteiger partial charge in [-0.2, -0.15) is 0 Å². The molecule has 0 aliphatic carbocycles. The lowest BCUT2D eigenvalue weighted by atomic mass is 10.0. The van der Waals surface area contributed by atoms with E-state index in [0.29, 0.717) is 24.8 Å². The third-order valence-electron chi connectivity index (χ3n) is 3.52. The highest BCUT2D eigenvalue weighted by Gasteiger charge is 2.18. The van der Waals surface area contributed by atoms with Crippen molar-refractivity contribution in [1.82, 2.24) is 4.90 Å². The maximum atomic E-state index is 12.1. The van der Waals surface area contributed by atoms with E-state index in [4.69, 9.17) is 9.84 Å². The molecule has 1 aliphatic rings. The Labute approximate surface area is 123 Å². The number of urea groups is 1. The molecule has 2 amide bonds. The molecular formula is C15H20N2O4. The molecule has 1 aromatic rings. The molecule has 0 spiro atoms. The Bertz CT molecular complexity index is 495. The number of nitrogens with zero attached hydrogens (tertiary/aromatic N) is 1. The Kier molecular flexibility index (Phi) is 5.16. The quantitative estimate of drug-likeness (QED) is 0.892. The van der Waals surface area contributed by atoms with E-state index in [-0.39, 0.29) is 11.6 Å². The van der Waals surface area contributed by atoms with Crippen molar-refractivity contribution in [2.75, 3.05) is 32.1 Å². The second kappa shape index (κ2) is 7.08. The van der Waals surface area contributed by atoms with Gasteiger partial charge in [-0.1, -0.05) is 0 Å². The number of ether oxygens (including phenoxy) is 1. The van der Waals surface area contributed by atoms with Crippen molar-refractivity contribution < 1.29 is 19.4 Å². The summed E-state index contributed by atoms with van der Waals surface area (Å²) in [6.07, 6.45) is 2.11. The monoisotopic (exact) mass is 292 g/mol. The van der Waals surface area contributed by atoms with Gasteiger partial charge in [0, 0.05) is 31.8 Å². The van der Waals surface area contributed by atoms with Crippen LogP contribution in [0.5, 0.6) is 0 Å². The van der Waals surface area contributed by atoms with Gasteiger partial charge in [-0.15, -0.1) is 0 Å². The van der Waals surface area contributed by atoms with Gasteiger partial charge in [-0.3, -0.25) is 0 Å². The van der Waals surface area contributed by atoms with Crippen LogP contribution >= 0.6 is 0 Å². The Morgan fingerprint density at radius 3 is 2.67 bits per heavy atom. The minimum absolute atomic E-state index is 0.195. The summed E-state index contributed by atoms with van der Waals surface area (Å²) in [6.45, 7) is 2.16. The highest BCUT2D eigenvalue weighted by atomic mass is 16.5. The first-order valence-corrected chi connectivity index (χ1v) is 6.99. The summed E-state index contributed by atoms with van der Waals surface area (Å²) < 4.78 is 5.40. The number of carboxylic acid groups (broad SMARTS) is 1. The number of hydrogen-bond donors (Lipinski definition) is 2. The Morgan fingerprint density at radius 2 is 2.10 bits per heavy atom. The van der Waals surface area contributed by atoms with Crippen LogP contribution in [0.3, 0.4) is 0 Å². The number of carbonyl (C=O) groups is 2. The molecule has 1 saturated heterocycles. The molecule has 1 aliphatic heterocycles. The maximum Gasteiger partial charge on any atom is 0.335 e. The maximum absolute atomic E-state index is 12.1. The second-order valence-electron chi connectivity index (χ2n) is 5.28. The molecule has 0 saturated carbocycles. The molecule has 0 bridgehead atoms. The molecule has 0 aromatic heterocycles. The molecule has 2 rings (SSSR count). The average molecular weight is 292 g/mol. The number of aromatic carboxylic acids is 1. The third kappa shape index (κ3) is 4.46. The van der Waals surface area contributed by atoms with Crippen molar-refractivity contribution in [3.63, 3.8) is 0 Å². The number of hydrogen-bond acceptors (Lipinski definition) is 3. The van der Waals surface area contributed by atoms with Crippen molar-refractivity contribution in [2.45, 2.75) is 12.8 Å².